The molecule has 1 unspecified atom stereocenters. The number of fused-ring (bicyclic) bond motifs is 3. The summed E-state index contributed by atoms with van der Waals surface area (Å²) in [4.78, 5) is 2.33. The normalized spacial score (nSPS) is 28.0. The average Bonchev–Trinajstić information content (AvgIpc) is 2.54. The van der Waals surface area contributed by atoms with Crippen molar-refractivity contribution in [2.45, 2.75) is 24.5 Å². The first-order valence-electron chi connectivity index (χ1n) is 7.90. The summed E-state index contributed by atoms with van der Waals surface area (Å²) in [6, 6.07) is 15.3. The van der Waals surface area contributed by atoms with Gasteiger partial charge in [0, 0.05) is 12.5 Å². The number of piperidine rings is 1. The fourth-order valence-corrected chi connectivity index (χ4v) is 3.80. The number of benzene rings is 2. The molecule has 0 amide bonds. The van der Waals surface area contributed by atoms with E-state index in [1.54, 1.807) is 0 Å². The molecule has 0 N–H and O–H groups in total. The molecule has 0 saturated carbocycles. The first-order chi connectivity index (χ1) is 10.7. The van der Waals surface area contributed by atoms with Crippen LogP contribution in [0.1, 0.15) is 35.1 Å². The van der Waals surface area contributed by atoms with Crippen LogP contribution in [0.5, 0.6) is 0 Å². The Bertz CT molecular complexity index is 669. The molecule has 3 heteroatoms. The van der Waals surface area contributed by atoms with Crippen molar-refractivity contribution < 1.29 is 9.13 Å². The van der Waals surface area contributed by atoms with Gasteiger partial charge in [0.25, 0.3) is 0 Å². The summed E-state index contributed by atoms with van der Waals surface area (Å²) in [6.07, 6.45) is 1.25. The second-order valence-electron chi connectivity index (χ2n) is 6.39. The van der Waals surface area contributed by atoms with Crippen LogP contribution in [0.4, 0.5) is 4.39 Å². The molecule has 2 aromatic rings. The van der Waals surface area contributed by atoms with Gasteiger partial charge in [-0.25, -0.2) is 4.39 Å². The van der Waals surface area contributed by atoms with Crippen LogP contribution in [0.25, 0.3) is 0 Å². The molecule has 114 valence electrons. The third-order valence-corrected chi connectivity index (χ3v) is 4.92. The minimum absolute atomic E-state index is 0.0930. The van der Waals surface area contributed by atoms with Crippen LogP contribution in [0.2, 0.25) is 0 Å². The summed E-state index contributed by atoms with van der Waals surface area (Å²) in [5.41, 5.74) is 3.67. The van der Waals surface area contributed by atoms with Gasteiger partial charge in [0.1, 0.15) is 11.9 Å². The van der Waals surface area contributed by atoms with E-state index in [9.17, 15) is 4.39 Å². The van der Waals surface area contributed by atoms with E-state index in [0.29, 0.717) is 5.92 Å². The highest BCUT2D eigenvalue weighted by molar-refractivity contribution is 5.41. The fraction of sp³-hybridized carbons (Fsp3) is 0.368. The Balaban J connectivity index is 1.77. The Morgan fingerprint density at radius 2 is 1.77 bits per heavy atom. The molecule has 2 heterocycles. The molecule has 2 nitrogen and oxygen atoms in total. The smallest absolute Gasteiger partial charge is 0.123 e. The first-order valence-corrected chi connectivity index (χ1v) is 7.90. The quantitative estimate of drug-likeness (QED) is 0.795. The summed E-state index contributed by atoms with van der Waals surface area (Å²) in [7, 11) is 2.15. The molecule has 1 saturated heterocycles. The third kappa shape index (κ3) is 2.34. The molecule has 3 atom stereocenters. The van der Waals surface area contributed by atoms with Crippen LogP contribution >= 0.6 is 0 Å². The molecule has 0 radical (unpaired) electrons. The lowest BCUT2D eigenvalue weighted by molar-refractivity contribution is -0.0543. The van der Waals surface area contributed by atoms with Crippen LogP contribution in [0.3, 0.4) is 0 Å². The lowest BCUT2D eigenvalue weighted by Gasteiger charge is -2.44. The van der Waals surface area contributed by atoms with E-state index in [1.807, 2.05) is 12.1 Å². The van der Waals surface area contributed by atoms with Gasteiger partial charge in [-0.1, -0.05) is 36.4 Å². The first kappa shape index (κ1) is 13.9. The third-order valence-electron chi connectivity index (χ3n) is 4.92. The van der Waals surface area contributed by atoms with Crippen LogP contribution in [0.15, 0.2) is 48.5 Å². The van der Waals surface area contributed by atoms with Crippen molar-refractivity contribution in [3.05, 3.63) is 71.0 Å². The maximum atomic E-state index is 13.2. The zero-order valence-electron chi connectivity index (χ0n) is 12.7. The highest BCUT2D eigenvalue weighted by Gasteiger charge is 2.38. The number of ether oxygens (including phenoxy) is 1. The van der Waals surface area contributed by atoms with Gasteiger partial charge in [0.05, 0.1) is 6.10 Å². The summed E-state index contributed by atoms with van der Waals surface area (Å²) in [5, 5.41) is 0. The fourth-order valence-electron chi connectivity index (χ4n) is 3.80. The van der Waals surface area contributed by atoms with E-state index < -0.39 is 0 Å². The topological polar surface area (TPSA) is 12.5 Å². The van der Waals surface area contributed by atoms with Crippen molar-refractivity contribution in [1.82, 2.24) is 4.90 Å². The number of likely N-dealkylation sites (tertiary alicyclic amines) is 1. The average molecular weight is 297 g/mol. The minimum atomic E-state index is -0.205. The molecular formula is C19H20FNO. The molecule has 0 bridgehead atoms. The molecule has 4 rings (SSSR count). The highest BCUT2D eigenvalue weighted by atomic mass is 19.1. The summed E-state index contributed by atoms with van der Waals surface area (Å²) in [5.74, 6) is 0.271. The Morgan fingerprint density at radius 1 is 1.05 bits per heavy atom. The lowest BCUT2D eigenvalue weighted by Crippen LogP contribution is -2.45. The van der Waals surface area contributed by atoms with Gasteiger partial charge in [-0.05, 0) is 48.8 Å². The number of hydrogen-bond donors (Lipinski definition) is 0. The molecule has 2 aliphatic rings. The summed E-state index contributed by atoms with van der Waals surface area (Å²) >= 11 is 0. The predicted octanol–water partition coefficient (Wildman–Crippen LogP) is 3.73. The molecule has 0 spiro atoms. The van der Waals surface area contributed by atoms with E-state index in [2.05, 4.69) is 36.2 Å². The van der Waals surface area contributed by atoms with E-state index in [-0.39, 0.29) is 18.0 Å². The molecule has 1 fully saturated rings. The molecule has 2 aliphatic heterocycles. The summed E-state index contributed by atoms with van der Waals surface area (Å²) in [6.45, 7) is 2.07. The van der Waals surface area contributed by atoms with Crippen LogP contribution in [-0.4, -0.2) is 31.1 Å². The van der Waals surface area contributed by atoms with Crippen molar-refractivity contribution in [3.8, 4) is 0 Å². The van der Waals surface area contributed by atoms with E-state index in [4.69, 9.17) is 4.74 Å². The second kappa shape index (κ2) is 5.49. The maximum absolute atomic E-state index is 13.2. The van der Waals surface area contributed by atoms with Crippen molar-refractivity contribution >= 4 is 0 Å². The van der Waals surface area contributed by atoms with Gasteiger partial charge in [-0.15, -0.1) is 0 Å². The SMILES string of the molecule is CN1CC[C@H]2c3ccccc3C(c3ccc(F)cc3)O[C@H]2C1. The van der Waals surface area contributed by atoms with E-state index in [1.165, 1.54) is 23.3 Å². The highest BCUT2D eigenvalue weighted by Crippen LogP contribution is 2.44. The number of likely N-dealkylation sites (N-methyl/N-ethyl adjacent to an activating group) is 1. The largest absolute Gasteiger partial charge is 0.364 e. The number of nitrogens with zero attached hydrogens (tertiary/aromatic N) is 1. The monoisotopic (exact) mass is 297 g/mol. The molecule has 0 aromatic heterocycles. The van der Waals surface area contributed by atoms with Crippen molar-refractivity contribution in [3.63, 3.8) is 0 Å². The van der Waals surface area contributed by atoms with Gasteiger partial charge >= 0.3 is 0 Å². The Kier molecular flexibility index (Phi) is 3.47. The van der Waals surface area contributed by atoms with Gasteiger partial charge < -0.3 is 9.64 Å². The van der Waals surface area contributed by atoms with Gasteiger partial charge in [-0.2, -0.15) is 0 Å². The predicted molar refractivity (Wildman–Crippen MR) is 84.4 cm³/mol. The maximum Gasteiger partial charge on any atom is 0.123 e. The Hall–Kier alpha value is -1.71. The van der Waals surface area contributed by atoms with Crippen LogP contribution in [-0.2, 0) is 4.74 Å². The number of hydrogen-bond acceptors (Lipinski definition) is 2. The molecular weight excluding hydrogens is 277 g/mol. The minimum Gasteiger partial charge on any atom is -0.364 e. The lowest BCUT2D eigenvalue weighted by atomic mass is 9.79. The zero-order chi connectivity index (χ0) is 15.1. The van der Waals surface area contributed by atoms with Gasteiger partial charge in [0.2, 0.25) is 0 Å². The van der Waals surface area contributed by atoms with Crippen molar-refractivity contribution in [2.24, 2.45) is 0 Å². The van der Waals surface area contributed by atoms with Crippen LogP contribution < -0.4 is 0 Å². The number of halogens is 1. The van der Waals surface area contributed by atoms with Gasteiger partial charge in [0.15, 0.2) is 0 Å². The second-order valence-corrected chi connectivity index (χ2v) is 6.39. The standard InChI is InChI=1S/C19H20FNO/c1-21-11-10-16-15-4-2-3-5-17(15)19(22-18(16)12-21)13-6-8-14(20)9-7-13/h2-9,16,18-19H,10-12H2,1H3/t16-,18-,19?/m0/s1. The Morgan fingerprint density at radius 3 is 2.55 bits per heavy atom. The van der Waals surface area contributed by atoms with Crippen LogP contribution in [0, 0.1) is 5.82 Å². The molecule has 22 heavy (non-hydrogen) atoms. The summed E-state index contributed by atoms with van der Waals surface area (Å²) < 4.78 is 19.7. The number of rotatable bonds is 1. The molecule has 2 aromatic carbocycles. The zero-order valence-corrected chi connectivity index (χ0v) is 12.7. The van der Waals surface area contributed by atoms with E-state index in [0.717, 1.165) is 25.1 Å². The van der Waals surface area contributed by atoms with Gasteiger partial charge in [-0.3, -0.25) is 0 Å². The van der Waals surface area contributed by atoms with E-state index >= 15 is 0 Å². The van der Waals surface area contributed by atoms with Crippen molar-refractivity contribution in [2.75, 3.05) is 20.1 Å². The van der Waals surface area contributed by atoms with Crippen molar-refractivity contribution in [1.29, 1.82) is 0 Å². The Labute approximate surface area is 130 Å². The molecule has 0 aliphatic carbocycles.